The Kier molecular flexibility index (Phi) is 8.13. The van der Waals surface area contributed by atoms with Crippen LogP contribution < -0.4 is 11.1 Å². The van der Waals surface area contributed by atoms with Crippen LogP contribution in [-0.2, 0) is 9.53 Å². The summed E-state index contributed by atoms with van der Waals surface area (Å²) in [5.74, 6) is -0.621. The fourth-order valence-corrected chi connectivity index (χ4v) is 2.54. The first-order valence-electron chi connectivity index (χ1n) is 8.28. The molecular formula is C20H25ClN2O3. The number of benzene rings is 2. The van der Waals surface area contributed by atoms with Crippen molar-refractivity contribution in [3.63, 3.8) is 0 Å². The summed E-state index contributed by atoms with van der Waals surface area (Å²) in [6.45, 7) is 5.44. The maximum absolute atomic E-state index is 12.7. The zero-order chi connectivity index (χ0) is 18.4. The van der Waals surface area contributed by atoms with Gasteiger partial charge in [-0.25, -0.2) is 0 Å². The molecule has 1 atom stereocenters. The largest absolute Gasteiger partial charge is 0.463 e. The summed E-state index contributed by atoms with van der Waals surface area (Å²) in [6, 6.07) is 14.1. The van der Waals surface area contributed by atoms with E-state index in [-0.39, 0.29) is 36.8 Å². The fourth-order valence-electron chi connectivity index (χ4n) is 2.54. The van der Waals surface area contributed by atoms with Crippen LogP contribution in [0.5, 0.6) is 0 Å². The molecule has 0 aromatic heterocycles. The van der Waals surface area contributed by atoms with Crippen molar-refractivity contribution in [2.24, 2.45) is 0 Å². The highest BCUT2D eigenvalue weighted by Crippen LogP contribution is 2.20. The quantitative estimate of drug-likeness (QED) is 0.593. The number of aryl methyl sites for hydroxylation is 1. The fraction of sp³-hybridized carbons (Fsp3) is 0.300. The molecule has 0 saturated heterocycles. The number of rotatable bonds is 6. The van der Waals surface area contributed by atoms with E-state index < -0.39 is 6.04 Å². The number of halogens is 1. The normalized spacial score (nSPS) is 11.4. The smallest absolute Gasteiger partial charge is 0.308 e. The molecule has 1 amide bonds. The molecule has 3 N–H and O–H groups in total. The average molecular weight is 377 g/mol. The second kappa shape index (κ2) is 9.82. The van der Waals surface area contributed by atoms with Crippen molar-refractivity contribution in [1.29, 1.82) is 0 Å². The van der Waals surface area contributed by atoms with Gasteiger partial charge in [0.25, 0.3) is 5.91 Å². The molecule has 0 spiro atoms. The lowest BCUT2D eigenvalue weighted by Crippen LogP contribution is -2.31. The minimum Gasteiger partial charge on any atom is -0.463 e. The Labute approximate surface area is 160 Å². The van der Waals surface area contributed by atoms with Crippen molar-refractivity contribution in [1.82, 2.24) is 5.32 Å². The third kappa shape index (κ3) is 6.08. The van der Waals surface area contributed by atoms with Gasteiger partial charge < -0.3 is 15.8 Å². The van der Waals surface area contributed by atoms with Gasteiger partial charge in [-0.3, -0.25) is 9.59 Å². The van der Waals surface area contributed by atoms with Gasteiger partial charge in [0.15, 0.2) is 0 Å². The third-order valence-electron chi connectivity index (χ3n) is 3.75. The molecular weight excluding hydrogens is 352 g/mol. The van der Waals surface area contributed by atoms with Gasteiger partial charge in [0.2, 0.25) is 0 Å². The molecule has 0 heterocycles. The Balaban J connectivity index is 0.00000338. The van der Waals surface area contributed by atoms with Crippen molar-refractivity contribution in [2.75, 3.05) is 5.73 Å². The summed E-state index contributed by atoms with van der Waals surface area (Å²) in [7, 11) is 0. The Morgan fingerprint density at radius 3 is 2.38 bits per heavy atom. The number of hydrogen-bond acceptors (Lipinski definition) is 4. The number of carbonyl (C=O) groups excluding carboxylic acids is 2. The second-order valence-corrected chi connectivity index (χ2v) is 6.25. The first-order valence-corrected chi connectivity index (χ1v) is 8.28. The molecule has 2 rings (SSSR count). The molecule has 5 nitrogen and oxygen atoms in total. The van der Waals surface area contributed by atoms with Gasteiger partial charge in [-0.2, -0.15) is 0 Å². The molecule has 0 radical (unpaired) electrons. The third-order valence-corrected chi connectivity index (χ3v) is 3.75. The molecule has 0 aliphatic rings. The van der Waals surface area contributed by atoms with Crippen molar-refractivity contribution >= 4 is 30.0 Å². The van der Waals surface area contributed by atoms with Crippen molar-refractivity contribution in [3.05, 3.63) is 65.2 Å². The molecule has 140 valence electrons. The van der Waals surface area contributed by atoms with E-state index in [2.05, 4.69) is 5.32 Å². The topological polar surface area (TPSA) is 81.4 Å². The summed E-state index contributed by atoms with van der Waals surface area (Å²) in [6.07, 6.45) is -0.134. The highest BCUT2D eigenvalue weighted by Gasteiger charge is 2.21. The van der Waals surface area contributed by atoms with Crippen molar-refractivity contribution in [3.8, 4) is 0 Å². The van der Waals surface area contributed by atoms with Crippen molar-refractivity contribution in [2.45, 2.75) is 39.3 Å². The monoisotopic (exact) mass is 376 g/mol. The second-order valence-electron chi connectivity index (χ2n) is 6.25. The Morgan fingerprint density at radius 2 is 1.77 bits per heavy atom. The van der Waals surface area contributed by atoms with Crippen LogP contribution in [0, 0.1) is 6.92 Å². The van der Waals surface area contributed by atoms with Crippen LogP contribution in [0.25, 0.3) is 0 Å². The van der Waals surface area contributed by atoms with Crippen LogP contribution in [-0.4, -0.2) is 18.0 Å². The number of nitrogen functional groups attached to an aromatic ring is 1. The molecule has 0 bridgehead atoms. The number of ether oxygens (including phenoxy) is 1. The zero-order valence-corrected chi connectivity index (χ0v) is 16.0. The Hall–Kier alpha value is -2.53. The molecule has 0 aliphatic carbocycles. The number of hydrogen-bond donors (Lipinski definition) is 2. The van der Waals surface area contributed by atoms with E-state index in [4.69, 9.17) is 10.5 Å². The highest BCUT2D eigenvalue weighted by atomic mass is 35.5. The molecule has 6 heteroatoms. The molecule has 26 heavy (non-hydrogen) atoms. The molecule has 0 aliphatic heterocycles. The van der Waals surface area contributed by atoms with Gasteiger partial charge in [0, 0.05) is 11.3 Å². The van der Waals surface area contributed by atoms with E-state index >= 15 is 0 Å². The lowest BCUT2D eigenvalue weighted by atomic mass is 10.0. The Morgan fingerprint density at radius 1 is 1.12 bits per heavy atom. The van der Waals surface area contributed by atoms with E-state index in [9.17, 15) is 9.59 Å². The average Bonchev–Trinajstić information content (AvgIpc) is 2.56. The van der Waals surface area contributed by atoms with Crippen molar-refractivity contribution < 1.29 is 14.3 Å². The van der Waals surface area contributed by atoms with Crippen LogP contribution in [0.4, 0.5) is 5.69 Å². The number of nitrogens with two attached hydrogens (primary N) is 1. The van der Waals surface area contributed by atoms with E-state index in [0.717, 1.165) is 11.1 Å². The van der Waals surface area contributed by atoms with Crippen LogP contribution in [0.3, 0.4) is 0 Å². The molecule has 2 aromatic carbocycles. The van der Waals surface area contributed by atoms with E-state index in [1.54, 1.807) is 32.0 Å². The zero-order valence-electron chi connectivity index (χ0n) is 15.2. The van der Waals surface area contributed by atoms with Gasteiger partial charge in [0.05, 0.1) is 18.6 Å². The molecule has 0 fully saturated rings. The van der Waals surface area contributed by atoms with Gasteiger partial charge in [-0.1, -0.05) is 36.4 Å². The number of amides is 1. The number of carbonyl (C=O) groups is 2. The minimum atomic E-state index is -0.471. The number of esters is 1. The SMILES string of the molecule is Cc1ccc(N)cc1C(=O)NC(CC(=O)OC(C)C)c1ccccc1.Cl. The lowest BCUT2D eigenvalue weighted by Gasteiger charge is -2.20. The summed E-state index contributed by atoms with van der Waals surface area (Å²) < 4.78 is 5.22. The number of anilines is 1. The highest BCUT2D eigenvalue weighted by molar-refractivity contribution is 5.97. The predicted octanol–water partition coefficient (Wildman–Crippen LogP) is 3.81. The van der Waals surface area contributed by atoms with Gasteiger partial charge in [-0.15, -0.1) is 12.4 Å². The van der Waals surface area contributed by atoms with E-state index in [1.165, 1.54) is 0 Å². The van der Waals surface area contributed by atoms with E-state index in [1.807, 2.05) is 37.3 Å². The summed E-state index contributed by atoms with van der Waals surface area (Å²) in [5, 5.41) is 2.93. The van der Waals surface area contributed by atoms with Gasteiger partial charge in [0.1, 0.15) is 0 Å². The first kappa shape index (κ1) is 21.5. The molecule has 0 saturated carbocycles. The predicted molar refractivity (Wildman–Crippen MR) is 105 cm³/mol. The minimum absolute atomic E-state index is 0. The molecule has 1 unspecified atom stereocenters. The number of nitrogens with one attached hydrogen (secondary N) is 1. The maximum Gasteiger partial charge on any atom is 0.308 e. The summed E-state index contributed by atoms with van der Waals surface area (Å²) in [5.41, 5.74) is 8.47. The summed E-state index contributed by atoms with van der Waals surface area (Å²) >= 11 is 0. The summed E-state index contributed by atoms with van der Waals surface area (Å²) in [4.78, 5) is 24.8. The first-order chi connectivity index (χ1) is 11.9. The van der Waals surface area contributed by atoms with Gasteiger partial charge in [-0.05, 0) is 44.0 Å². The maximum atomic E-state index is 12.7. The van der Waals surface area contributed by atoms with Crippen LogP contribution in [0.1, 0.15) is 47.8 Å². The van der Waals surface area contributed by atoms with Crippen LogP contribution >= 0.6 is 12.4 Å². The standard InChI is InChI=1S/C20H24N2O3.ClH/c1-13(2)25-19(23)12-18(15-7-5-4-6-8-15)22-20(24)17-11-16(21)10-9-14(17)3;/h4-11,13,18H,12,21H2,1-3H3,(H,22,24);1H. The van der Waals surface area contributed by atoms with Gasteiger partial charge >= 0.3 is 5.97 Å². The van der Waals surface area contributed by atoms with E-state index in [0.29, 0.717) is 11.3 Å². The molecule has 2 aromatic rings. The lowest BCUT2D eigenvalue weighted by molar-refractivity contribution is -0.147. The Bertz CT molecular complexity index is 748. The van der Waals surface area contributed by atoms with Crippen LogP contribution in [0.2, 0.25) is 0 Å². The van der Waals surface area contributed by atoms with Crippen LogP contribution in [0.15, 0.2) is 48.5 Å².